The third-order valence-electron chi connectivity index (χ3n) is 5.40. The van der Waals surface area contributed by atoms with Gasteiger partial charge in [0.15, 0.2) is 11.6 Å². The molecular weight excluding hydrogens is 316 g/mol. The molecule has 3 aliphatic rings. The molecule has 5 nitrogen and oxygen atoms in total. The first-order chi connectivity index (χ1) is 11.4. The molecule has 0 radical (unpaired) electrons. The van der Waals surface area contributed by atoms with Crippen molar-refractivity contribution in [3.05, 3.63) is 29.6 Å². The highest BCUT2D eigenvalue weighted by atomic mass is 19.1. The van der Waals surface area contributed by atoms with E-state index in [9.17, 15) is 8.78 Å². The maximum atomic E-state index is 13.8. The molecule has 4 atom stereocenters. The summed E-state index contributed by atoms with van der Waals surface area (Å²) in [6, 6.07) is 2.43. The molecule has 0 unspecified atom stereocenters. The summed E-state index contributed by atoms with van der Waals surface area (Å²) in [5, 5.41) is 0. The predicted molar refractivity (Wildman–Crippen MR) is 82.1 cm³/mol. The van der Waals surface area contributed by atoms with E-state index in [1.807, 2.05) is 13.8 Å². The van der Waals surface area contributed by atoms with Crippen LogP contribution in [0.1, 0.15) is 26.1 Å². The van der Waals surface area contributed by atoms with Crippen LogP contribution in [0.15, 0.2) is 12.1 Å². The molecule has 3 heterocycles. The lowest BCUT2D eigenvalue weighted by Crippen LogP contribution is -2.46. The number of hydrogen-bond donors (Lipinski definition) is 1. The zero-order chi connectivity index (χ0) is 16.6. The van der Waals surface area contributed by atoms with Crippen LogP contribution < -0.4 is 0 Å². The summed E-state index contributed by atoms with van der Waals surface area (Å²) in [6.45, 7) is 5.39. The van der Waals surface area contributed by atoms with Crippen molar-refractivity contribution in [1.82, 2.24) is 14.9 Å². The number of likely N-dealkylation sites (tertiary alicyclic amines) is 1. The van der Waals surface area contributed by atoms with E-state index < -0.39 is 17.4 Å². The molecular formula is C17H19F2N3O2. The highest BCUT2D eigenvalue weighted by molar-refractivity contribution is 5.75. The Balaban J connectivity index is 1.39. The molecule has 2 bridgehead atoms. The minimum absolute atomic E-state index is 0.0808. The van der Waals surface area contributed by atoms with Crippen LogP contribution in [0.4, 0.5) is 8.78 Å². The fourth-order valence-electron chi connectivity index (χ4n) is 4.57. The minimum atomic E-state index is -0.634. The molecule has 5 rings (SSSR count). The number of benzene rings is 1. The number of halogens is 2. The predicted octanol–water partition coefficient (Wildman–Crippen LogP) is 2.57. The van der Waals surface area contributed by atoms with Gasteiger partial charge in [-0.1, -0.05) is 0 Å². The first-order valence-corrected chi connectivity index (χ1v) is 8.33. The van der Waals surface area contributed by atoms with E-state index in [1.54, 1.807) is 0 Å². The largest absolute Gasteiger partial charge is 0.344 e. The number of piperidine rings is 1. The SMILES string of the molecule is CC1(C)O[C@@H]2[C@@H]3C[C@H]([C@@H]2O1)N(Cc1nc2c(F)cc(F)cc2[nH]1)C3. The van der Waals surface area contributed by atoms with Gasteiger partial charge in [0.2, 0.25) is 0 Å². The Morgan fingerprint density at radius 1 is 1.29 bits per heavy atom. The third-order valence-corrected chi connectivity index (χ3v) is 5.40. The molecule has 0 amide bonds. The van der Waals surface area contributed by atoms with Gasteiger partial charge in [-0.3, -0.25) is 4.90 Å². The lowest BCUT2D eigenvalue weighted by atomic mass is 10.0. The van der Waals surface area contributed by atoms with Crippen LogP contribution in [0, 0.1) is 17.6 Å². The summed E-state index contributed by atoms with van der Waals surface area (Å²) in [4.78, 5) is 9.65. The summed E-state index contributed by atoms with van der Waals surface area (Å²) in [5.41, 5.74) is 0.585. The van der Waals surface area contributed by atoms with Crippen molar-refractivity contribution in [2.24, 2.45) is 5.92 Å². The zero-order valence-corrected chi connectivity index (χ0v) is 13.6. The van der Waals surface area contributed by atoms with Crippen LogP contribution in [0.25, 0.3) is 11.0 Å². The molecule has 128 valence electrons. The van der Waals surface area contributed by atoms with E-state index in [-0.39, 0.29) is 23.8 Å². The highest BCUT2D eigenvalue weighted by Gasteiger charge is 2.59. The van der Waals surface area contributed by atoms with E-state index in [0.29, 0.717) is 23.8 Å². The number of imidazole rings is 1. The van der Waals surface area contributed by atoms with Gasteiger partial charge in [0, 0.05) is 24.6 Å². The van der Waals surface area contributed by atoms with Crippen molar-refractivity contribution < 1.29 is 18.3 Å². The quantitative estimate of drug-likeness (QED) is 0.916. The summed E-state index contributed by atoms with van der Waals surface area (Å²) in [5.74, 6) is -0.652. The van der Waals surface area contributed by atoms with Crippen molar-refractivity contribution in [2.75, 3.05) is 6.54 Å². The van der Waals surface area contributed by atoms with Crippen molar-refractivity contribution in [3.8, 4) is 0 Å². The third kappa shape index (κ3) is 2.11. The number of H-pyrrole nitrogens is 1. The summed E-state index contributed by atoms with van der Waals surface area (Å²) >= 11 is 0. The number of aromatic nitrogens is 2. The molecule has 2 aromatic rings. The molecule has 1 N–H and O–H groups in total. The van der Waals surface area contributed by atoms with E-state index >= 15 is 0 Å². The second-order valence-electron chi connectivity index (χ2n) is 7.52. The van der Waals surface area contributed by atoms with E-state index in [4.69, 9.17) is 9.47 Å². The van der Waals surface area contributed by atoms with Crippen LogP contribution in [-0.4, -0.2) is 45.4 Å². The van der Waals surface area contributed by atoms with Gasteiger partial charge in [-0.2, -0.15) is 0 Å². The Kier molecular flexibility index (Phi) is 2.91. The lowest BCUT2D eigenvalue weighted by molar-refractivity contribution is -0.155. The first kappa shape index (κ1) is 14.7. The van der Waals surface area contributed by atoms with Crippen molar-refractivity contribution in [2.45, 2.75) is 50.8 Å². The van der Waals surface area contributed by atoms with E-state index in [0.717, 1.165) is 19.0 Å². The molecule has 2 saturated heterocycles. The Bertz CT molecular complexity index is 822. The standard InChI is InChI=1S/C17H19F2N3O2/c1-17(2)23-15-8-3-12(16(15)24-17)22(6-8)7-13-20-11-5-9(18)4-10(19)14(11)21-13/h4-5,8,12,15-16H,3,6-7H2,1-2H3,(H,20,21)/t8-,12-,15-,16+/m1/s1. The Morgan fingerprint density at radius 2 is 2.08 bits per heavy atom. The zero-order valence-electron chi connectivity index (χ0n) is 13.6. The molecule has 24 heavy (non-hydrogen) atoms. The topological polar surface area (TPSA) is 50.4 Å². The molecule has 7 heteroatoms. The fourth-order valence-corrected chi connectivity index (χ4v) is 4.57. The summed E-state index contributed by atoms with van der Waals surface area (Å²) in [6.07, 6.45) is 1.30. The van der Waals surface area contributed by atoms with Gasteiger partial charge in [0.1, 0.15) is 23.3 Å². The van der Waals surface area contributed by atoms with Crippen LogP contribution in [0.5, 0.6) is 0 Å². The normalized spacial score (nSPS) is 34.3. The van der Waals surface area contributed by atoms with Crippen molar-refractivity contribution in [3.63, 3.8) is 0 Å². The van der Waals surface area contributed by atoms with Crippen LogP contribution in [-0.2, 0) is 16.0 Å². The maximum Gasteiger partial charge on any atom is 0.163 e. The van der Waals surface area contributed by atoms with Gasteiger partial charge in [-0.15, -0.1) is 0 Å². The van der Waals surface area contributed by atoms with Gasteiger partial charge < -0.3 is 14.5 Å². The highest BCUT2D eigenvalue weighted by Crippen LogP contribution is 2.48. The summed E-state index contributed by atoms with van der Waals surface area (Å²) in [7, 11) is 0. The van der Waals surface area contributed by atoms with Crippen molar-refractivity contribution in [1.29, 1.82) is 0 Å². The van der Waals surface area contributed by atoms with Crippen LogP contribution in [0.3, 0.4) is 0 Å². The van der Waals surface area contributed by atoms with Gasteiger partial charge in [-0.05, 0) is 26.3 Å². The number of rotatable bonds is 2. The summed E-state index contributed by atoms with van der Waals surface area (Å²) < 4.78 is 39.2. The van der Waals surface area contributed by atoms with Gasteiger partial charge in [-0.25, -0.2) is 13.8 Å². The number of nitrogens with zero attached hydrogens (tertiary/aromatic N) is 2. The van der Waals surface area contributed by atoms with E-state index in [1.165, 1.54) is 6.07 Å². The number of aromatic amines is 1. The second-order valence-corrected chi connectivity index (χ2v) is 7.52. The first-order valence-electron chi connectivity index (χ1n) is 8.33. The second kappa shape index (κ2) is 4.74. The van der Waals surface area contributed by atoms with Gasteiger partial charge in [0.05, 0.1) is 18.2 Å². The van der Waals surface area contributed by atoms with Crippen molar-refractivity contribution >= 4 is 11.0 Å². The average Bonchev–Trinajstić information content (AvgIpc) is 3.18. The van der Waals surface area contributed by atoms with Crippen LogP contribution in [0.2, 0.25) is 0 Å². The Labute approximate surface area is 137 Å². The van der Waals surface area contributed by atoms with Gasteiger partial charge >= 0.3 is 0 Å². The molecule has 1 aromatic heterocycles. The Morgan fingerprint density at radius 3 is 2.92 bits per heavy atom. The average molecular weight is 335 g/mol. The van der Waals surface area contributed by atoms with E-state index in [2.05, 4.69) is 14.9 Å². The lowest BCUT2D eigenvalue weighted by Gasteiger charge is -2.32. The smallest absolute Gasteiger partial charge is 0.163 e. The molecule has 1 saturated carbocycles. The monoisotopic (exact) mass is 335 g/mol. The molecule has 2 aliphatic heterocycles. The minimum Gasteiger partial charge on any atom is -0.344 e. The molecule has 3 fully saturated rings. The Hall–Kier alpha value is -1.57. The molecule has 0 spiro atoms. The molecule has 1 aromatic carbocycles. The van der Waals surface area contributed by atoms with Gasteiger partial charge in [0.25, 0.3) is 0 Å². The number of fused-ring (bicyclic) bond motifs is 6. The fraction of sp³-hybridized carbons (Fsp3) is 0.588. The number of ether oxygens (including phenoxy) is 2. The van der Waals surface area contributed by atoms with Crippen LogP contribution >= 0.6 is 0 Å². The number of nitrogens with one attached hydrogen (secondary N) is 1. The molecule has 1 aliphatic carbocycles. The number of hydrogen-bond acceptors (Lipinski definition) is 4. The maximum absolute atomic E-state index is 13.8.